The first-order valence-electron chi connectivity index (χ1n) is 8.30. The molecule has 0 radical (unpaired) electrons. The van der Waals surface area contributed by atoms with E-state index in [1.807, 2.05) is 12.1 Å². The van der Waals surface area contributed by atoms with E-state index in [1.54, 1.807) is 0 Å². The maximum Gasteiger partial charge on any atom is 0.119 e. The third kappa shape index (κ3) is 5.80. The molecule has 1 N–H and O–H groups in total. The Hall–Kier alpha value is -1.96. The predicted octanol–water partition coefficient (Wildman–Crippen LogP) is 5.57. The van der Waals surface area contributed by atoms with Gasteiger partial charge in [0.05, 0.1) is 6.61 Å². The lowest BCUT2D eigenvalue weighted by molar-refractivity contribution is 0.305. The minimum atomic E-state index is 0.816. The molecule has 0 saturated carbocycles. The third-order valence-electron chi connectivity index (χ3n) is 3.70. The molecule has 2 rings (SSSR count). The highest BCUT2D eigenvalue weighted by atomic mass is 16.5. The second-order valence-electron chi connectivity index (χ2n) is 5.78. The van der Waals surface area contributed by atoms with Crippen LogP contribution in [0.5, 0.6) is 5.75 Å². The molecule has 0 aliphatic heterocycles. The number of ether oxygens (including phenoxy) is 1. The van der Waals surface area contributed by atoms with Gasteiger partial charge in [-0.2, -0.15) is 0 Å². The second-order valence-corrected chi connectivity index (χ2v) is 5.78. The average Bonchev–Trinajstić information content (AvgIpc) is 2.54. The van der Waals surface area contributed by atoms with Gasteiger partial charge < -0.3 is 10.1 Å². The van der Waals surface area contributed by atoms with Crippen molar-refractivity contribution in [2.24, 2.45) is 0 Å². The molecule has 2 aromatic carbocycles. The zero-order valence-electron chi connectivity index (χ0n) is 13.8. The fraction of sp³-hybridized carbons (Fsp3) is 0.400. The molecule has 2 aromatic rings. The van der Waals surface area contributed by atoms with Gasteiger partial charge in [0, 0.05) is 12.2 Å². The Morgan fingerprint density at radius 3 is 2.50 bits per heavy atom. The topological polar surface area (TPSA) is 21.3 Å². The largest absolute Gasteiger partial charge is 0.494 e. The van der Waals surface area contributed by atoms with Crippen LogP contribution in [0.15, 0.2) is 48.5 Å². The molecule has 2 heteroatoms. The molecule has 22 heavy (non-hydrogen) atoms. The molecule has 0 aromatic heterocycles. The molecule has 0 bridgehead atoms. The van der Waals surface area contributed by atoms with Gasteiger partial charge in [0.1, 0.15) is 5.75 Å². The Morgan fingerprint density at radius 1 is 0.955 bits per heavy atom. The Morgan fingerprint density at radius 2 is 1.77 bits per heavy atom. The molecule has 0 spiro atoms. The van der Waals surface area contributed by atoms with E-state index >= 15 is 0 Å². The van der Waals surface area contributed by atoms with Crippen LogP contribution < -0.4 is 10.1 Å². The van der Waals surface area contributed by atoms with Crippen molar-refractivity contribution in [1.29, 1.82) is 0 Å². The molecule has 0 heterocycles. The van der Waals surface area contributed by atoms with Gasteiger partial charge in [-0.15, -0.1) is 0 Å². The summed E-state index contributed by atoms with van der Waals surface area (Å²) in [6, 6.07) is 16.8. The van der Waals surface area contributed by atoms with E-state index in [0.29, 0.717) is 0 Å². The number of anilines is 1. The quantitative estimate of drug-likeness (QED) is 0.611. The number of benzene rings is 2. The number of rotatable bonds is 9. The van der Waals surface area contributed by atoms with Crippen LogP contribution in [0.4, 0.5) is 5.69 Å². The Labute approximate surface area is 134 Å². The third-order valence-corrected chi connectivity index (χ3v) is 3.70. The van der Waals surface area contributed by atoms with Gasteiger partial charge in [-0.3, -0.25) is 0 Å². The van der Waals surface area contributed by atoms with Crippen molar-refractivity contribution < 1.29 is 4.74 Å². The van der Waals surface area contributed by atoms with E-state index in [2.05, 4.69) is 55.6 Å². The van der Waals surface area contributed by atoms with Crippen molar-refractivity contribution in [3.8, 4) is 5.75 Å². The summed E-state index contributed by atoms with van der Waals surface area (Å²) in [4.78, 5) is 0. The summed E-state index contributed by atoms with van der Waals surface area (Å²) in [6.07, 6.45) is 4.96. The highest BCUT2D eigenvalue weighted by Gasteiger charge is 1.97. The molecular weight excluding hydrogens is 270 g/mol. The normalized spacial score (nSPS) is 10.5. The minimum absolute atomic E-state index is 0.816. The molecule has 0 aliphatic rings. The first-order chi connectivity index (χ1) is 10.8. The second kappa shape index (κ2) is 9.14. The van der Waals surface area contributed by atoms with Crippen molar-refractivity contribution in [2.75, 3.05) is 11.9 Å². The molecule has 0 atom stereocenters. The van der Waals surface area contributed by atoms with Gasteiger partial charge in [0.2, 0.25) is 0 Å². The van der Waals surface area contributed by atoms with E-state index in [4.69, 9.17) is 4.74 Å². The van der Waals surface area contributed by atoms with Crippen molar-refractivity contribution in [1.82, 2.24) is 0 Å². The van der Waals surface area contributed by atoms with Crippen molar-refractivity contribution in [3.63, 3.8) is 0 Å². The van der Waals surface area contributed by atoms with E-state index < -0.39 is 0 Å². The molecule has 0 fully saturated rings. The van der Waals surface area contributed by atoms with Crippen LogP contribution in [0.3, 0.4) is 0 Å². The Balaban J connectivity index is 1.74. The lowest BCUT2D eigenvalue weighted by atomic mass is 10.1. The van der Waals surface area contributed by atoms with E-state index in [9.17, 15) is 0 Å². The summed E-state index contributed by atoms with van der Waals surface area (Å²) >= 11 is 0. The van der Waals surface area contributed by atoms with Gasteiger partial charge in [-0.25, -0.2) is 0 Å². The van der Waals surface area contributed by atoms with Gasteiger partial charge in [0.15, 0.2) is 0 Å². The lowest BCUT2D eigenvalue weighted by Gasteiger charge is -2.09. The summed E-state index contributed by atoms with van der Waals surface area (Å²) in [7, 11) is 0. The first-order valence-corrected chi connectivity index (χ1v) is 8.30. The zero-order valence-corrected chi connectivity index (χ0v) is 13.8. The minimum Gasteiger partial charge on any atom is -0.494 e. The van der Waals surface area contributed by atoms with Crippen LogP contribution in [0.2, 0.25) is 0 Å². The number of nitrogens with one attached hydrogen (secondary N) is 1. The SMILES string of the molecule is CCCCCCOc1ccc(NCc2cccc(C)c2)cc1. The van der Waals surface area contributed by atoms with Crippen LogP contribution in [0, 0.1) is 6.92 Å². The Bertz CT molecular complexity index is 548. The summed E-state index contributed by atoms with van der Waals surface area (Å²) < 4.78 is 5.76. The smallest absolute Gasteiger partial charge is 0.119 e. The van der Waals surface area contributed by atoms with Crippen LogP contribution in [-0.4, -0.2) is 6.61 Å². The number of aryl methyl sites for hydroxylation is 1. The van der Waals surface area contributed by atoms with E-state index in [1.165, 1.54) is 30.4 Å². The standard InChI is InChI=1S/C20H27NO/c1-3-4-5-6-14-22-20-12-10-19(11-13-20)21-16-18-9-7-8-17(2)15-18/h7-13,15,21H,3-6,14,16H2,1-2H3. The fourth-order valence-corrected chi connectivity index (χ4v) is 2.41. The van der Waals surface area contributed by atoms with Crippen LogP contribution in [0.1, 0.15) is 43.7 Å². The van der Waals surface area contributed by atoms with Gasteiger partial charge in [-0.1, -0.05) is 56.0 Å². The van der Waals surface area contributed by atoms with E-state index in [0.717, 1.165) is 31.0 Å². The molecule has 0 aliphatic carbocycles. The molecular formula is C20H27NO. The summed E-state index contributed by atoms with van der Waals surface area (Å²) in [5, 5.41) is 3.44. The highest BCUT2D eigenvalue weighted by Crippen LogP contribution is 2.17. The molecule has 118 valence electrons. The maximum absolute atomic E-state index is 5.76. The van der Waals surface area contributed by atoms with Crippen molar-refractivity contribution in [3.05, 3.63) is 59.7 Å². The molecule has 0 saturated heterocycles. The molecule has 2 nitrogen and oxygen atoms in total. The highest BCUT2D eigenvalue weighted by molar-refractivity contribution is 5.46. The maximum atomic E-state index is 5.76. The van der Waals surface area contributed by atoms with Crippen LogP contribution in [-0.2, 0) is 6.54 Å². The first kappa shape index (κ1) is 16.4. The van der Waals surface area contributed by atoms with Gasteiger partial charge in [-0.05, 0) is 43.2 Å². The molecule has 0 amide bonds. The molecule has 0 unspecified atom stereocenters. The van der Waals surface area contributed by atoms with Crippen LogP contribution >= 0.6 is 0 Å². The summed E-state index contributed by atoms with van der Waals surface area (Å²) in [5.74, 6) is 0.956. The summed E-state index contributed by atoms with van der Waals surface area (Å²) in [5.41, 5.74) is 3.72. The van der Waals surface area contributed by atoms with Crippen molar-refractivity contribution in [2.45, 2.75) is 46.1 Å². The average molecular weight is 297 g/mol. The lowest BCUT2D eigenvalue weighted by Crippen LogP contribution is -2.00. The van der Waals surface area contributed by atoms with Gasteiger partial charge in [0.25, 0.3) is 0 Å². The van der Waals surface area contributed by atoms with E-state index in [-0.39, 0.29) is 0 Å². The summed E-state index contributed by atoms with van der Waals surface area (Å²) in [6.45, 7) is 6.01. The number of hydrogen-bond acceptors (Lipinski definition) is 2. The fourth-order valence-electron chi connectivity index (χ4n) is 2.41. The Kier molecular flexibility index (Phi) is 6.82. The van der Waals surface area contributed by atoms with Gasteiger partial charge >= 0.3 is 0 Å². The van der Waals surface area contributed by atoms with Crippen LogP contribution in [0.25, 0.3) is 0 Å². The number of hydrogen-bond donors (Lipinski definition) is 1. The predicted molar refractivity (Wildman–Crippen MR) is 94.6 cm³/mol. The zero-order chi connectivity index (χ0) is 15.6. The van der Waals surface area contributed by atoms with Crippen molar-refractivity contribution >= 4 is 5.69 Å². The monoisotopic (exact) mass is 297 g/mol. The number of unbranched alkanes of at least 4 members (excludes halogenated alkanes) is 3.